The Morgan fingerprint density at radius 2 is 0.233 bits per heavy atom. The maximum Gasteiger partial charge on any atom is 0.0406 e. The van der Waals surface area contributed by atoms with E-state index in [-0.39, 0.29) is 0 Å². The molecule has 0 saturated heterocycles. The molecule has 8 rings (SSSR count). The summed E-state index contributed by atoms with van der Waals surface area (Å²) in [6.07, 6.45) is 0. The standard InChI is InChI=1S/2C26H16Cl4/c2*27-21-9-1-17(2-10-21)25(18-3-11-22(28)12-4-18)26(19-5-13-23(29)14-6-19)20-7-15-24(30)16-8-20/h2*1-16H. The second-order valence-corrected chi connectivity index (χ2v) is 17.0. The van der Waals surface area contributed by atoms with Crippen molar-refractivity contribution in [3.63, 3.8) is 0 Å². The maximum atomic E-state index is 6.17. The first-order valence-corrected chi connectivity index (χ1v) is 21.6. The Kier molecular flexibility index (Phi) is 14.8. The van der Waals surface area contributed by atoms with Crippen molar-refractivity contribution in [2.75, 3.05) is 0 Å². The molecule has 0 fully saturated rings. The van der Waals surface area contributed by atoms with E-state index in [2.05, 4.69) is 0 Å². The molecule has 0 unspecified atom stereocenters. The van der Waals surface area contributed by atoms with Crippen molar-refractivity contribution in [2.24, 2.45) is 0 Å². The van der Waals surface area contributed by atoms with Crippen LogP contribution in [0.4, 0.5) is 0 Å². The second kappa shape index (κ2) is 20.4. The predicted molar refractivity (Wildman–Crippen MR) is 262 cm³/mol. The second-order valence-electron chi connectivity index (χ2n) is 13.6. The first kappa shape index (κ1) is 43.6. The average Bonchev–Trinajstić information content (AvgIpc) is 3.26. The lowest BCUT2D eigenvalue weighted by Crippen LogP contribution is -1.97. The zero-order chi connectivity index (χ0) is 42.2. The summed E-state index contributed by atoms with van der Waals surface area (Å²) in [6, 6.07) is 62.8. The summed E-state index contributed by atoms with van der Waals surface area (Å²) >= 11 is 49.3. The van der Waals surface area contributed by atoms with E-state index >= 15 is 0 Å². The summed E-state index contributed by atoms with van der Waals surface area (Å²) in [5, 5.41) is 5.51. The SMILES string of the molecule is Clc1ccc(C(=C(c2ccc(Cl)cc2)c2ccc(Cl)cc2)c2ccc(Cl)cc2)cc1.Clc1ccc(C(=C(c2ccc(Cl)cc2)c2ccc(Cl)cc2)c2ccc(Cl)cc2)cc1. The van der Waals surface area contributed by atoms with Crippen LogP contribution in [0.5, 0.6) is 0 Å². The number of halogens is 8. The Bertz CT molecular complexity index is 2160. The summed E-state index contributed by atoms with van der Waals surface area (Å²) in [6.45, 7) is 0. The molecule has 0 atom stereocenters. The van der Waals surface area contributed by atoms with Crippen LogP contribution in [-0.2, 0) is 0 Å². The molecular weight excluding hydrogens is 908 g/mol. The normalized spacial score (nSPS) is 10.7. The van der Waals surface area contributed by atoms with Gasteiger partial charge in [-0.2, -0.15) is 0 Å². The molecular formula is C52H32Cl8. The molecule has 0 N–H and O–H groups in total. The molecule has 8 aromatic rings. The lowest BCUT2D eigenvalue weighted by atomic mass is 9.86. The van der Waals surface area contributed by atoms with E-state index in [0.717, 1.165) is 66.8 Å². The van der Waals surface area contributed by atoms with Crippen LogP contribution in [0.1, 0.15) is 44.5 Å². The third kappa shape index (κ3) is 11.1. The smallest absolute Gasteiger partial charge is 0.0406 e. The summed E-state index contributed by atoms with van der Waals surface area (Å²) in [5.74, 6) is 0. The van der Waals surface area contributed by atoms with Crippen LogP contribution in [0.3, 0.4) is 0 Å². The molecule has 8 aromatic carbocycles. The Hall–Kier alpha value is -4.44. The van der Waals surface area contributed by atoms with Crippen LogP contribution in [0.25, 0.3) is 22.3 Å². The molecule has 296 valence electrons. The van der Waals surface area contributed by atoms with E-state index in [1.807, 2.05) is 194 Å². The molecule has 0 aliphatic heterocycles. The Morgan fingerprint density at radius 3 is 0.317 bits per heavy atom. The van der Waals surface area contributed by atoms with E-state index in [9.17, 15) is 0 Å². The van der Waals surface area contributed by atoms with Gasteiger partial charge in [0.25, 0.3) is 0 Å². The molecule has 60 heavy (non-hydrogen) atoms. The lowest BCUT2D eigenvalue weighted by molar-refractivity contribution is 1.50. The monoisotopic (exact) mass is 936 g/mol. The van der Waals surface area contributed by atoms with Crippen LogP contribution in [-0.4, -0.2) is 0 Å². The van der Waals surface area contributed by atoms with Crippen molar-refractivity contribution in [3.05, 3.63) is 279 Å². The minimum Gasteiger partial charge on any atom is -0.0843 e. The molecule has 0 aliphatic carbocycles. The van der Waals surface area contributed by atoms with Crippen LogP contribution in [0, 0.1) is 0 Å². The number of rotatable bonds is 8. The summed E-state index contributed by atoms with van der Waals surface area (Å²) in [7, 11) is 0. The number of benzene rings is 8. The molecule has 0 amide bonds. The van der Waals surface area contributed by atoms with Crippen molar-refractivity contribution in [1.29, 1.82) is 0 Å². The maximum absolute atomic E-state index is 6.17. The molecule has 0 aromatic heterocycles. The van der Waals surface area contributed by atoms with Crippen LogP contribution >= 0.6 is 92.8 Å². The van der Waals surface area contributed by atoms with Gasteiger partial charge in [0.15, 0.2) is 0 Å². The van der Waals surface area contributed by atoms with Crippen molar-refractivity contribution in [1.82, 2.24) is 0 Å². The number of hydrogen-bond donors (Lipinski definition) is 0. The van der Waals surface area contributed by atoms with E-state index in [4.69, 9.17) is 92.8 Å². The van der Waals surface area contributed by atoms with Crippen LogP contribution in [0.15, 0.2) is 194 Å². The topological polar surface area (TPSA) is 0 Å². The fraction of sp³-hybridized carbons (Fsp3) is 0. The van der Waals surface area contributed by atoms with Gasteiger partial charge in [-0.05, 0) is 164 Å². The Balaban J connectivity index is 0.000000181. The van der Waals surface area contributed by atoms with Crippen molar-refractivity contribution >= 4 is 115 Å². The first-order chi connectivity index (χ1) is 29.0. The first-order valence-electron chi connectivity index (χ1n) is 18.6. The third-order valence-corrected chi connectivity index (χ3v) is 11.6. The van der Waals surface area contributed by atoms with Gasteiger partial charge < -0.3 is 0 Å². The zero-order valence-electron chi connectivity index (χ0n) is 31.5. The van der Waals surface area contributed by atoms with Gasteiger partial charge in [-0.3, -0.25) is 0 Å². The summed E-state index contributed by atoms with van der Waals surface area (Å²) < 4.78 is 0. The Morgan fingerprint density at radius 1 is 0.150 bits per heavy atom. The molecule has 0 nitrogen and oxygen atoms in total. The van der Waals surface area contributed by atoms with Gasteiger partial charge in [0.05, 0.1) is 0 Å². The minimum absolute atomic E-state index is 0.689. The molecule has 0 saturated carbocycles. The molecule has 0 heterocycles. The average molecular weight is 940 g/mol. The van der Waals surface area contributed by atoms with Gasteiger partial charge in [0.2, 0.25) is 0 Å². The Labute approximate surface area is 390 Å². The van der Waals surface area contributed by atoms with Crippen LogP contribution in [0.2, 0.25) is 40.2 Å². The third-order valence-electron chi connectivity index (χ3n) is 9.56. The van der Waals surface area contributed by atoms with E-state index in [1.54, 1.807) is 0 Å². The zero-order valence-corrected chi connectivity index (χ0v) is 37.5. The fourth-order valence-electron chi connectivity index (χ4n) is 6.75. The summed E-state index contributed by atoms with van der Waals surface area (Å²) in [5.41, 5.74) is 12.6. The van der Waals surface area contributed by atoms with Gasteiger partial charge in [-0.25, -0.2) is 0 Å². The highest BCUT2D eigenvalue weighted by molar-refractivity contribution is 6.33. The molecule has 0 spiro atoms. The molecule has 8 heteroatoms. The highest BCUT2D eigenvalue weighted by atomic mass is 35.5. The largest absolute Gasteiger partial charge is 0.0843 e. The van der Waals surface area contributed by atoms with Crippen molar-refractivity contribution in [2.45, 2.75) is 0 Å². The lowest BCUT2D eigenvalue weighted by Gasteiger charge is -2.18. The predicted octanol–water partition coefficient (Wildman–Crippen LogP) is 18.6. The van der Waals surface area contributed by atoms with Crippen molar-refractivity contribution < 1.29 is 0 Å². The molecule has 0 radical (unpaired) electrons. The van der Waals surface area contributed by atoms with E-state index in [0.29, 0.717) is 40.2 Å². The minimum atomic E-state index is 0.689. The molecule has 0 bridgehead atoms. The highest BCUT2D eigenvalue weighted by Gasteiger charge is 2.18. The van der Waals surface area contributed by atoms with Gasteiger partial charge >= 0.3 is 0 Å². The van der Waals surface area contributed by atoms with Gasteiger partial charge in [-0.1, -0.05) is 190 Å². The van der Waals surface area contributed by atoms with E-state index < -0.39 is 0 Å². The van der Waals surface area contributed by atoms with E-state index in [1.165, 1.54) is 0 Å². The quantitative estimate of drug-likeness (QED) is 0.133. The molecule has 0 aliphatic rings. The number of hydrogen-bond acceptors (Lipinski definition) is 0. The van der Waals surface area contributed by atoms with Gasteiger partial charge in [-0.15, -0.1) is 0 Å². The fourth-order valence-corrected chi connectivity index (χ4v) is 7.76. The van der Waals surface area contributed by atoms with Crippen LogP contribution < -0.4 is 0 Å². The summed E-state index contributed by atoms with van der Waals surface area (Å²) in [4.78, 5) is 0. The van der Waals surface area contributed by atoms with Crippen molar-refractivity contribution in [3.8, 4) is 0 Å². The highest BCUT2D eigenvalue weighted by Crippen LogP contribution is 2.40. The van der Waals surface area contributed by atoms with Gasteiger partial charge in [0.1, 0.15) is 0 Å². The van der Waals surface area contributed by atoms with Gasteiger partial charge in [0, 0.05) is 40.2 Å².